The molecule has 1 saturated heterocycles. The Balaban J connectivity index is 2.34. The molecule has 0 unspecified atom stereocenters. The number of nitrogens with one attached hydrogen (secondary N) is 1. The summed E-state index contributed by atoms with van der Waals surface area (Å²) in [6.07, 6.45) is 7.80. The van der Waals surface area contributed by atoms with Gasteiger partial charge in [-0.25, -0.2) is 4.79 Å². The molecule has 0 saturated carbocycles. The fourth-order valence-electron chi connectivity index (χ4n) is 3.65. The van der Waals surface area contributed by atoms with Crippen molar-refractivity contribution < 1.29 is 4.79 Å². The van der Waals surface area contributed by atoms with E-state index in [2.05, 4.69) is 16.8 Å². The summed E-state index contributed by atoms with van der Waals surface area (Å²) in [7, 11) is 0. The number of anilines is 2. The van der Waals surface area contributed by atoms with E-state index >= 15 is 0 Å². The molecule has 2 rings (SSSR count). The molecule has 0 aromatic carbocycles. The number of aromatic nitrogens is 2. The van der Waals surface area contributed by atoms with Gasteiger partial charge in [-0.05, 0) is 38.8 Å². The van der Waals surface area contributed by atoms with Crippen LogP contribution in [0.25, 0.3) is 0 Å². The van der Waals surface area contributed by atoms with E-state index in [4.69, 9.17) is 5.73 Å². The fraction of sp³-hybridized carbons (Fsp3) is 0.750. The summed E-state index contributed by atoms with van der Waals surface area (Å²) in [6, 6.07) is 0. The number of nitrogen functional groups attached to an aromatic ring is 1. The zero-order valence-electron chi connectivity index (χ0n) is 17.3. The Kier molecular flexibility index (Phi) is 8.76. The minimum atomic E-state index is -0.584. The molecule has 1 fully saturated rings. The second kappa shape index (κ2) is 11.0. The number of nitrogens with two attached hydrogens (primary N) is 1. The van der Waals surface area contributed by atoms with Gasteiger partial charge in [-0.15, -0.1) is 0 Å². The number of aromatic amines is 1. The number of H-pyrrole nitrogens is 1. The molecule has 8 heteroatoms. The van der Waals surface area contributed by atoms with Crippen molar-refractivity contribution in [1.29, 1.82) is 0 Å². The number of rotatable bonds is 10. The molecule has 1 aromatic rings. The highest BCUT2D eigenvalue weighted by Crippen LogP contribution is 2.19. The number of carbonyl (C=O) groups excluding carboxylic acids is 1. The van der Waals surface area contributed by atoms with Crippen molar-refractivity contribution in [3.63, 3.8) is 0 Å². The van der Waals surface area contributed by atoms with Crippen LogP contribution < -0.4 is 21.9 Å². The molecule has 1 aliphatic rings. The fourth-order valence-corrected chi connectivity index (χ4v) is 3.65. The van der Waals surface area contributed by atoms with Crippen LogP contribution in [0.1, 0.15) is 65.2 Å². The van der Waals surface area contributed by atoms with Crippen molar-refractivity contribution in [3.05, 3.63) is 20.8 Å². The van der Waals surface area contributed by atoms with Gasteiger partial charge in [0, 0.05) is 13.1 Å². The number of nitrogens with zero attached hydrogens (tertiary/aromatic N) is 3. The van der Waals surface area contributed by atoms with Crippen LogP contribution in [0, 0.1) is 0 Å². The quantitative estimate of drug-likeness (QED) is 0.591. The molecule has 0 spiro atoms. The number of unbranched alkanes of at least 4 members (excludes halogenated alkanes) is 3. The number of piperidine rings is 1. The molecule has 0 aliphatic carbocycles. The molecule has 2 heterocycles. The van der Waals surface area contributed by atoms with Crippen LogP contribution in [0.15, 0.2) is 9.59 Å². The van der Waals surface area contributed by atoms with Gasteiger partial charge in [0.15, 0.2) is 5.69 Å². The average Bonchev–Trinajstić information content (AvgIpc) is 2.67. The van der Waals surface area contributed by atoms with Crippen LogP contribution in [-0.4, -0.2) is 46.5 Å². The average molecular weight is 394 g/mol. The van der Waals surface area contributed by atoms with Crippen LogP contribution in [0.5, 0.6) is 0 Å². The van der Waals surface area contributed by atoms with Crippen molar-refractivity contribution in [2.75, 3.05) is 36.8 Å². The summed E-state index contributed by atoms with van der Waals surface area (Å²) in [5, 5.41) is 0. The van der Waals surface area contributed by atoms with Crippen molar-refractivity contribution in [1.82, 2.24) is 14.5 Å². The lowest BCUT2D eigenvalue weighted by Crippen LogP contribution is -2.46. The van der Waals surface area contributed by atoms with Gasteiger partial charge < -0.3 is 10.6 Å². The lowest BCUT2D eigenvalue weighted by Gasteiger charge is -2.30. The second-order valence-electron chi connectivity index (χ2n) is 7.59. The van der Waals surface area contributed by atoms with Gasteiger partial charge in [0.2, 0.25) is 5.91 Å². The van der Waals surface area contributed by atoms with Crippen LogP contribution in [-0.2, 0) is 11.3 Å². The maximum Gasteiger partial charge on any atom is 0.330 e. The molecule has 0 atom stereocenters. The predicted octanol–water partition coefficient (Wildman–Crippen LogP) is 1.93. The molecule has 1 amide bonds. The van der Waals surface area contributed by atoms with Crippen molar-refractivity contribution in [2.45, 2.75) is 71.8 Å². The molecular weight excluding hydrogens is 358 g/mol. The third-order valence-electron chi connectivity index (χ3n) is 5.31. The second-order valence-corrected chi connectivity index (χ2v) is 7.59. The SMILES string of the molecule is CCCCCN(C(=O)CN1CCCCC1)c1c(N)n(CCCC)c(=O)[nH]c1=O. The smallest absolute Gasteiger partial charge is 0.330 e. The van der Waals surface area contributed by atoms with E-state index in [1.54, 1.807) is 0 Å². The number of amides is 1. The topological polar surface area (TPSA) is 104 Å². The Labute approximate surface area is 166 Å². The van der Waals surface area contributed by atoms with E-state index < -0.39 is 11.2 Å². The van der Waals surface area contributed by atoms with Crippen LogP contribution in [0.3, 0.4) is 0 Å². The summed E-state index contributed by atoms with van der Waals surface area (Å²) in [5.41, 5.74) is 5.26. The van der Waals surface area contributed by atoms with E-state index in [0.717, 1.165) is 58.0 Å². The van der Waals surface area contributed by atoms with E-state index in [9.17, 15) is 14.4 Å². The Morgan fingerprint density at radius 2 is 1.75 bits per heavy atom. The molecule has 8 nitrogen and oxygen atoms in total. The molecular formula is C20H35N5O3. The summed E-state index contributed by atoms with van der Waals surface area (Å²) in [5.74, 6) is -0.0402. The third kappa shape index (κ3) is 5.70. The Hall–Kier alpha value is -2.09. The predicted molar refractivity (Wildman–Crippen MR) is 113 cm³/mol. The first-order valence-corrected chi connectivity index (χ1v) is 10.6. The number of hydrogen-bond donors (Lipinski definition) is 2. The van der Waals surface area contributed by atoms with Crippen molar-refractivity contribution >= 4 is 17.4 Å². The lowest BCUT2D eigenvalue weighted by molar-refractivity contribution is -0.120. The minimum absolute atomic E-state index is 0.0886. The Morgan fingerprint density at radius 1 is 1.07 bits per heavy atom. The zero-order chi connectivity index (χ0) is 20.5. The van der Waals surface area contributed by atoms with Gasteiger partial charge in [-0.2, -0.15) is 0 Å². The van der Waals surface area contributed by atoms with Gasteiger partial charge in [-0.1, -0.05) is 39.5 Å². The number of carbonyl (C=O) groups is 1. The molecule has 0 bridgehead atoms. The van der Waals surface area contributed by atoms with E-state index in [1.807, 2.05) is 6.92 Å². The minimum Gasteiger partial charge on any atom is -0.383 e. The molecule has 0 radical (unpaired) electrons. The maximum absolute atomic E-state index is 13.1. The third-order valence-corrected chi connectivity index (χ3v) is 5.31. The summed E-state index contributed by atoms with van der Waals surface area (Å²) in [6.45, 7) is 7.04. The van der Waals surface area contributed by atoms with Gasteiger partial charge in [-0.3, -0.25) is 24.0 Å². The van der Waals surface area contributed by atoms with Gasteiger partial charge >= 0.3 is 5.69 Å². The largest absolute Gasteiger partial charge is 0.383 e. The summed E-state index contributed by atoms with van der Waals surface area (Å²) >= 11 is 0. The zero-order valence-corrected chi connectivity index (χ0v) is 17.3. The van der Waals surface area contributed by atoms with Crippen LogP contribution in [0.2, 0.25) is 0 Å². The standard InChI is InChI=1S/C20H35N5O3/c1-3-5-8-14-24(16(26)15-23-11-9-7-10-12-23)17-18(21)25(13-6-4-2)20(28)22-19(17)27/h3-15,21H2,1-2H3,(H,22,27,28). The monoisotopic (exact) mass is 393 g/mol. The highest BCUT2D eigenvalue weighted by atomic mass is 16.2. The van der Waals surface area contributed by atoms with Gasteiger partial charge in [0.1, 0.15) is 5.82 Å². The van der Waals surface area contributed by atoms with Crippen LogP contribution in [0.4, 0.5) is 11.5 Å². The number of likely N-dealkylation sites (tertiary alicyclic amines) is 1. The molecule has 3 N–H and O–H groups in total. The van der Waals surface area contributed by atoms with E-state index in [1.165, 1.54) is 15.9 Å². The number of hydrogen-bond acceptors (Lipinski definition) is 5. The maximum atomic E-state index is 13.1. The summed E-state index contributed by atoms with van der Waals surface area (Å²) in [4.78, 5) is 43.9. The van der Waals surface area contributed by atoms with E-state index in [-0.39, 0.29) is 24.0 Å². The van der Waals surface area contributed by atoms with Crippen molar-refractivity contribution in [3.8, 4) is 0 Å². The Bertz CT molecular complexity index is 749. The van der Waals surface area contributed by atoms with Crippen LogP contribution >= 0.6 is 0 Å². The van der Waals surface area contributed by atoms with Crippen molar-refractivity contribution in [2.24, 2.45) is 0 Å². The first-order chi connectivity index (χ1) is 13.5. The molecule has 28 heavy (non-hydrogen) atoms. The first kappa shape index (κ1) is 22.2. The lowest BCUT2D eigenvalue weighted by atomic mass is 10.1. The highest BCUT2D eigenvalue weighted by Gasteiger charge is 2.25. The first-order valence-electron chi connectivity index (χ1n) is 10.6. The Morgan fingerprint density at radius 3 is 2.39 bits per heavy atom. The van der Waals surface area contributed by atoms with E-state index in [0.29, 0.717) is 13.1 Å². The molecule has 1 aromatic heterocycles. The van der Waals surface area contributed by atoms with Gasteiger partial charge in [0.25, 0.3) is 5.56 Å². The molecule has 158 valence electrons. The normalized spacial score (nSPS) is 14.9. The summed E-state index contributed by atoms with van der Waals surface area (Å²) < 4.78 is 1.38. The van der Waals surface area contributed by atoms with Gasteiger partial charge in [0.05, 0.1) is 6.54 Å². The highest BCUT2D eigenvalue weighted by molar-refractivity contribution is 5.96. The molecule has 1 aliphatic heterocycles.